The van der Waals surface area contributed by atoms with Crippen molar-refractivity contribution in [2.75, 3.05) is 25.4 Å². The summed E-state index contributed by atoms with van der Waals surface area (Å²) in [6.07, 6.45) is 1.38. The second-order valence-electron chi connectivity index (χ2n) is 4.66. The van der Waals surface area contributed by atoms with Gasteiger partial charge in [-0.25, -0.2) is 0 Å². The van der Waals surface area contributed by atoms with Gasteiger partial charge in [0, 0.05) is 37.0 Å². The standard InChI is InChI=1S/C13H19ClN2O/c1-10-8-16(3-2-4-17-10)9-11-5-12(14)7-13(15)6-11/h5-7,10H,2-4,8-9,15H2,1H3. The summed E-state index contributed by atoms with van der Waals surface area (Å²) in [6, 6.07) is 5.75. The van der Waals surface area contributed by atoms with E-state index >= 15 is 0 Å². The molecule has 1 unspecified atom stereocenters. The number of anilines is 1. The molecule has 0 bridgehead atoms. The van der Waals surface area contributed by atoms with Crippen molar-refractivity contribution in [3.63, 3.8) is 0 Å². The number of benzene rings is 1. The summed E-state index contributed by atoms with van der Waals surface area (Å²) in [7, 11) is 0. The van der Waals surface area contributed by atoms with E-state index in [0.29, 0.717) is 11.1 Å². The first kappa shape index (κ1) is 12.7. The summed E-state index contributed by atoms with van der Waals surface area (Å²) < 4.78 is 5.63. The van der Waals surface area contributed by atoms with Crippen LogP contribution in [0.5, 0.6) is 0 Å². The van der Waals surface area contributed by atoms with Gasteiger partial charge in [-0.05, 0) is 37.1 Å². The summed E-state index contributed by atoms with van der Waals surface area (Å²) in [4.78, 5) is 2.39. The maximum absolute atomic E-state index is 6.01. The van der Waals surface area contributed by atoms with Crippen molar-refractivity contribution in [1.82, 2.24) is 4.90 Å². The van der Waals surface area contributed by atoms with Crippen molar-refractivity contribution in [2.45, 2.75) is 26.0 Å². The van der Waals surface area contributed by atoms with E-state index in [-0.39, 0.29) is 0 Å². The Kier molecular flexibility index (Phi) is 4.26. The molecular weight excluding hydrogens is 236 g/mol. The summed E-state index contributed by atoms with van der Waals surface area (Å²) in [5, 5.41) is 0.708. The average Bonchev–Trinajstić information content (AvgIpc) is 2.41. The molecule has 0 spiro atoms. The molecule has 0 radical (unpaired) electrons. The summed E-state index contributed by atoms with van der Waals surface area (Å²) >= 11 is 6.01. The van der Waals surface area contributed by atoms with E-state index < -0.39 is 0 Å². The van der Waals surface area contributed by atoms with Crippen LogP contribution in [0.3, 0.4) is 0 Å². The molecule has 1 aromatic rings. The zero-order chi connectivity index (χ0) is 12.3. The second-order valence-corrected chi connectivity index (χ2v) is 5.10. The fraction of sp³-hybridized carbons (Fsp3) is 0.538. The topological polar surface area (TPSA) is 38.5 Å². The highest BCUT2D eigenvalue weighted by Gasteiger charge is 2.15. The second kappa shape index (κ2) is 5.71. The van der Waals surface area contributed by atoms with Crippen molar-refractivity contribution >= 4 is 17.3 Å². The Hall–Kier alpha value is -0.770. The minimum Gasteiger partial charge on any atom is -0.399 e. The molecule has 1 aliphatic rings. The fourth-order valence-corrected chi connectivity index (χ4v) is 2.51. The van der Waals surface area contributed by atoms with Gasteiger partial charge in [0.1, 0.15) is 0 Å². The first-order valence-corrected chi connectivity index (χ1v) is 6.40. The molecular formula is C13H19ClN2O. The molecule has 1 saturated heterocycles. The Balaban J connectivity index is 2.03. The number of nitrogens with two attached hydrogens (primary N) is 1. The maximum Gasteiger partial charge on any atom is 0.0674 e. The molecule has 1 atom stereocenters. The lowest BCUT2D eigenvalue weighted by atomic mass is 10.2. The minimum absolute atomic E-state index is 0.300. The third kappa shape index (κ3) is 3.87. The first-order chi connectivity index (χ1) is 8.13. The van der Waals surface area contributed by atoms with E-state index in [1.807, 2.05) is 12.1 Å². The van der Waals surface area contributed by atoms with Gasteiger partial charge in [0.2, 0.25) is 0 Å². The van der Waals surface area contributed by atoms with Crippen LogP contribution in [0.15, 0.2) is 18.2 Å². The molecule has 17 heavy (non-hydrogen) atoms. The predicted octanol–water partition coefficient (Wildman–Crippen LogP) is 2.53. The quantitative estimate of drug-likeness (QED) is 0.825. The lowest BCUT2D eigenvalue weighted by Gasteiger charge is -2.22. The smallest absolute Gasteiger partial charge is 0.0674 e. The third-order valence-electron chi connectivity index (χ3n) is 2.92. The Morgan fingerprint density at radius 2 is 2.29 bits per heavy atom. The van der Waals surface area contributed by atoms with Gasteiger partial charge in [-0.2, -0.15) is 0 Å². The van der Waals surface area contributed by atoms with Crippen LogP contribution in [-0.4, -0.2) is 30.7 Å². The Labute approximate surface area is 107 Å². The van der Waals surface area contributed by atoms with Gasteiger partial charge in [0.05, 0.1) is 6.10 Å². The molecule has 2 rings (SSSR count). The first-order valence-electron chi connectivity index (χ1n) is 6.02. The Bertz CT molecular complexity index is 363. The van der Waals surface area contributed by atoms with Crippen LogP contribution in [0, 0.1) is 0 Å². The van der Waals surface area contributed by atoms with E-state index in [1.54, 1.807) is 6.07 Å². The molecule has 4 heteroatoms. The zero-order valence-corrected chi connectivity index (χ0v) is 10.9. The largest absolute Gasteiger partial charge is 0.399 e. The van der Waals surface area contributed by atoms with Gasteiger partial charge in [0.25, 0.3) is 0 Å². The molecule has 1 fully saturated rings. The van der Waals surface area contributed by atoms with Gasteiger partial charge in [-0.1, -0.05) is 11.6 Å². The molecule has 3 nitrogen and oxygen atoms in total. The number of ether oxygens (including phenoxy) is 1. The van der Waals surface area contributed by atoms with Gasteiger partial charge < -0.3 is 10.5 Å². The lowest BCUT2D eigenvalue weighted by Crippen LogP contribution is -2.29. The van der Waals surface area contributed by atoms with Crippen molar-refractivity contribution in [1.29, 1.82) is 0 Å². The molecule has 1 aliphatic heterocycles. The molecule has 0 aromatic heterocycles. The van der Waals surface area contributed by atoms with E-state index in [2.05, 4.69) is 11.8 Å². The van der Waals surface area contributed by atoms with Gasteiger partial charge >= 0.3 is 0 Å². The van der Waals surface area contributed by atoms with Crippen LogP contribution in [-0.2, 0) is 11.3 Å². The van der Waals surface area contributed by atoms with Crippen molar-refractivity contribution in [3.05, 3.63) is 28.8 Å². The van der Waals surface area contributed by atoms with Crippen LogP contribution < -0.4 is 5.73 Å². The van der Waals surface area contributed by atoms with E-state index in [4.69, 9.17) is 22.1 Å². The highest BCUT2D eigenvalue weighted by atomic mass is 35.5. The van der Waals surface area contributed by atoms with Gasteiger partial charge in [0.15, 0.2) is 0 Å². The highest BCUT2D eigenvalue weighted by Crippen LogP contribution is 2.19. The van der Waals surface area contributed by atoms with Gasteiger partial charge in [-0.15, -0.1) is 0 Å². The maximum atomic E-state index is 6.01. The van der Waals surface area contributed by atoms with Crippen LogP contribution in [0.25, 0.3) is 0 Å². The summed E-state index contributed by atoms with van der Waals surface area (Å²) in [5.41, 5.74) is 7.69. The van der Waals surface area contributed by atoms with Crippen LogP contribution >= 0.6 is 11.6 Å². The molecule has 0 amide bonds. The van der Waals surface area contributed by atoms with E-state index in [0.717, 1.165) is 38.3 Å². The number of halogens is 1. The molecule has 0 saturated carbocycles. The third-order valence-corrected chi connectivity index (χ3v) is 3.14. The van der Waals surface area contributed by atoms with Crippen LogP contribution in [0.2, 0.25) is 5.02 Å². The zero-order valence-electron chi connectivity index (χ0n) is 10.2. The van der Waals surface area contributed by atoms with Crippen LogP contribution in [0.4, 0.5) is 5.69 Å². The lowest BCUT2D eigenvalue weighted by molar-refractivity contribution is 0.0668. The van der Waals surface area contributed by atoms with E-state index in [1.165, 1.54) is 5.56 Å². The van der Waals surface area contributed by atoms with E-state index in [9.17, 15) is 0 Å². The monoisotopic (exact) mass is 254 g/mol. The number of rotatable bonds is 2. The molecule has 1 aromatic carbocycles. The highest BCUT2D eigenvalue weighted by molar-refractivity contribution is 6.30. The number of nitrogens with zero attached hydrogens (tertiary/aromatic N) is 1. The summed E-state index contributed by atoms with van der Waals surface area (Å²) in [5.74, 6) is 0. The Morgan fingerprint density at radius 3 is 3.06 bits per heavy atom. The molecule has 2 N–H and O–H groups in total. The molecule has 94 valence electrons. The minimum atomic E-state index is 0.300. The van der Waals surface area contributed by atoms with Gasteiger partial charge in [-0.3, -0.25) is 4.90 Å². The summed E-state index contributed by atoms with van der Waals surface area (Å²) in [6.45, 7) is 5.89. The molecule has 0 aliphatic carbocycles. The number of hydrogen-bond acceptors (Lipinski definition) is 3. The number of hydrogen-bond donors (Lipinski definition) is 1. The van der Waals surface area contributed by atoms with Crippen molar-refractivity contribution < 1.29 is 4.74 Å². The Morgan fingerprint density at radius 1 is 1.47 bits per heavy atom. The van der Waals surface area contributed by atoms with Crippen molar-refractivity contribution in [3.8, 4) is 0 Å². The fourth-order valence-electron chi connectivity index (χ4n) is 2.25. The number of nitrogen functional groups attached to an aromatic ring is 1. The SMILES string of the molecule is CC1CN(Cc2cc(N)cc(Cl)c2)CCCO1. The van der Waals surface area contributed by atoms with Crippen LogP contribution in [0.1, 0.15) is 18.9 Å². The molecule has 1 heterocycles. The predicted molar refractivity (Wildman–Crippen MR) is 71.2 cm³/mol. The van der Waals surface area contributed by atoms with Crippen molar-refractivity contribution in [2.24, 2.45) is 0 Å². The normalized spacial score (nSPS) is 22.4. The average molecular weight is 255 g/mol.